The van der Waals surface area contributed by atoms with E-state index in [0.29, 0.717) is 5.92 Å². The number of halogens is 1. The molecule has 0 spiro atoms. The van der Waals surface area contributed by atoms with Gasteiger partial charge in [0.25, 0.3) is 0 Å². The number of fused-ring (bicyclic) bond motifs is 4. The number of aliphatic hydroxyl groups excluding tert-OH is 1. The molecule has 0 radical (unpaired) electrons. The Balaban J connectivity index is 1.52. The lowest BCUT2D eigenvalue weighted by molar-refractivity contribution is -0.0562. The topological polar surface area (TPSA) is 45.6 Å². The van der Waals surface area contributed by atoms with E-state index in [1.54, 1.807) is 19.2 Å². The van der Waals surface area contributed by atoms with Gasteiger partial charge in [0.2, 0.25) is 0 Å². The Bertz CT molecular complexity index is 1160. The van der Waals surface area contributed by atoms with Gasteiger partial charge in [0.05, 0.1) is 24.4 Å². The molecular weight excluding hydrogens is 415 g/mol. The zero-order valence-corrected chi connectivity index (χ0v) is 19.2. The molecule has 6 rings (SSSR count). The highest BCUT2D eigenvalue weighted by Crippen LogP contribution is 2.43. The lowest BCUT2D eigenvalue weighted by Gasteiger charge is -2.51. The van der Waals surface area contributed by atoms with Crippen LogP contribution in [0.25, 0.3) is 23.1 Å². The fourth-order valence-electron chi connectivity index (χ4n) is 5.64. The van der Waals surface area contributed by atoms with Gasteiger partial charge in [-0.3, -0.25) is 4.90 Å². The number of aromatic nitrogens is 1. The van der Waals surface area contributed by atoms with Crippen LogP contribution in [0.1, 0.15) is 49.1 Å². The summed E-state index contributed by atoms with van der Waals surface area (Å²) in [4.78, 5) is 7.29. The van der Waals surface area contributed by atoms with Gasteiger partial charge in [-0.05, 0) is 84.8 Å². The van der Waals surface area contributed by atoms with E-state index in [-0.39, 0.29) is 11.9 Å². The number of nitrogens with zero attached hydrogens (tertiary/aromatic N) is 2. The Kier molecular flexibility index (Phi) is 6.17. The second-order valence-electron chi connectivity index (χ2n) is 9.36. The largest absolute Gasteiger partial charge is 0.497 e. The molecule has 4 nitrogen and oxygen atoms in total. The van der Waals surface area contributed by atoms with Gasteiger partial charge in [0.1, 0.15) is 11.6 Å². The van der Waals surface area contributed by atoms with E-state index >= 15 is 0 Å². The molecule has 3 aromatic rings. The van der Waals surface area contributed by atoms with Crippen LogP contribution in [0.4, 0.5) is 4.39 Å². The summed E-state index contributed by atoms with van der Waals surface area (Å²) in [6.45, 7) is 4.42. The first-order valence-corrected chi connectivity index (χ1v) is 11.9. The van der Waals surface area contributed by atoms with Gasteiger partial charge in [-0.2, -0.15) is 0 Å². The summed E-state index contributed by atoms with van der Waals surface area (Å²) in [6.07, 6.45) is 6.73. The minimum atomic E-state index is -0.596. The van der Waals surface area contributed by atoms with Crippen molar-refractivity contribution in [3.05, 3.63) is 71.2 Å². The SMILES string of the molecule is CC[C@H]1CN2CC[C@@H]1C[C@H]2[C@H](O)c1cc(/C=C/c2ccc(F)cc2)nc2ccc(OC)cc12. The average molecular weight is 447 g/mol. The fourth-order valence-corrected chi connectivity index (χ4v) is 5.64. The molecule has 3 aliphatic heterocycles. The van der Waals surface area contributed by atoms with E-state index in [1.165, 1.54) is 25.0 Å². The zero-order chi connectivity index (χ0) is 22.9. The minimum absolute atomic E-state index is 0.122. The Hall–Kier alpha value is -2.76. The molecule has 1 N–H and O–H groups in total. The summed E-state index contributed by atoms with van der Waals surface area (Å²) in [5.74, 6) is 1.94. The molecule has 0 saturated carbocycles. The van der Waals surface area contributed by atoms with E-state index in [0.717, 1.165) is 58.9 Å². The van der Waals surface area contributed by atoms with Crippen molar-refractivity contribution in [1.29, 1.82) is 0 Å². The van der Waals surface area contributed by atoms with Gasteiger partial charge in [0, 0.05) is 18.0 Å². The second-order valence-corrected chi connectivity index (χ2v) is 9.36. The van der Waals surface area contributed by atoms with Crippen molar-refractivity contribution >= 4 is 23.1 Å². The van der Waals surface area contributed by atoms with Gasteiger partial charge >= 0.3 is 0 Å². The van der Waals surface area contributed by atoms with Crippen LogP contribution in [-0.4, -0.2) is 41.2 Å². The summed E-state index contributed by atoms with van der Waals surface area (Å²) in [6, 6.07) is 14.3. The Morgan fingerprint density at radius 1 is 1.18 bits per heavy atom. The van der Waals surface area contributed by atoms with Crippen LogP contribution in [0.2, 0.25) is 0 Å². The second kappa shape index (κ2) is 9.24. The average Bonchev–Trinajstić information content (AvgIpc) is 2.87. The van der Waals surface area contributed by atoms with E-state index in [2.05, 4.69) is 11.8 Å². The molecular formula is C28H31FN2O2. The fraction of sp³-hybridized carbons (Fsp3) is 0.393. The predicted molar refractivity (Wildman–Crippen MR) is 130 cm³/mol. The summed E-state index contributed by atoms with van der Waals surface area (Å²) >= 11 is 0. The molecule has 4 heterocycles. The maximum atomic E-state index is 13.2. The van der Waals surface area contributed by atoms with Crippen molar-refractivity contribution < 1.29 is 14.2 Å². The van der Waals surface area contributed by atoms with Crippen LogP contribution in [0.5, 0.6) is 5.75 Å². The highest BCUT2D eigenvalue weighted by atomic mass is 19.1. The number of piperidine rings is 3. The third kappa shape index (κ3) is 4.40. The van der Waals surface area contributed by atoms with Crippen LogP contribution in [0, 0.1) is 17.7 Å². The number of methoxy groups -OCH3 is 1. The number of benzene rings is 2. The summed E-state index contributed by atoms with van der Waals surface area (Å²) in [5, 5.41) is 12.6. The van der Waals surface area contributed by atoms with Crippen LogP contribution in [0.15, 0.2) is 48.5 Å². The maximum absolute atomic E-state index is 13.2. The molecule has 0 amide bonds. The van der Waals surface area contributed by atoms with Gasteiger partial charge in [-0.15, -0.1) is 0 Å². The molecule has 5 heteroatoms. The van der Waals surface area contributed by atoms with E-state index in [4.69, 9.17) is 9.72 Å². The number of hydrogen-bond acceptors (Lipinski definition) is 4. The van der Waals surface area contributed by atoms with Crippen molar-refractivity contribution in [2.75, 3.05) is 20.2 Å². The molecule has 172 valence electrons. The Morgan fingerprint density at radius 2 is 2.00 bits per heavy atom. The summed E-state index contributed by atoms with van der Waals surface area (Å²) in [5.41, 5.74) is 3.39. The number of aliphatic hydroxyl groups is 1. The van der Waals surface area contributed by atoms with Crippen LogP contribution >= 0.6 is 0 Å². The molecule has 2 bridgehead atoms. The third-order valence-corrected chi connectivity index (χ3v) is 7.53. The number of rotatable bonds is 6. The van der Waals surface area contributed by atoms with Crippen molar-refractivity contribution in [2.45, 2.75) is 38.3 Å². The standard InChI is InChI=1S/C28H31FN2O2/c1-3-19-17-31-13-12-20(19)14-27(31)28(32)25-15-22(9-6-18-4-7-21(29)8-5-18)30-26-11-10-23(33-2)16-24(25)26/h4-11,15-16,19-20,27-28,32H,3,12-14,17H2,1-2H3/b9-6+/t19-,20+,27-,28+/m0/s1. The highest BCUT2D eigenvalue weighted by molar-refractivity contribution is 5.86. The normalized spacial score (nSPS) is 25.6. The smallest absolute Gasteiger partial charge is 0.123 e. The zero-order valence-electron chi connectivity index (χ0n) is 19.2. The molecule has 3 fully saturated rings. The van der Waals surface area contributed by atoms with Gasteiger partial charge in [-0.1, -0.05) is 31.6 Å². The van der Waals surface area contributed by atoms with E-state index in [9.17, 15) is 9.50 Å². The molecule has 1 aromatic heterocycles. The van der Waals surface area contributed by atoms with Crippen molar-refractivity contribution in [1.82, 2.24) is 9.88 Å². The number of hydrogen-bond donors (Lipinski definition) is 1. The molecule has 1 unspecified atom stereocenters. The first kappa shape index (κ1) is 22.1. The first-order valence-electron chi connectivity index (χ1n) is 11.9. The maximum Gasteiger partial charge on any atom is 0.123 e. The highest BCUT2D eigenvalue weighted by Gasteiger charge is 2.42. The minimum Gasteiger partial charge on any atom is -0.497 e. The van der Waals surface area contributed by atoms with Crippen molar-refractivity contribution in [3.63, 3.8) is 0 Å². The number of pyridine rings is 1. The quantitative estimate of drug-likeness (QED) is 0.527. The van der Waals surface area contributed by atoms with Crippen LogP contribution < -0.4 is 4.74 Å². The number of ether oxygens (including phenoxy) is 1. The molecule has 33 heavy (non-hydrogen) atoms. The lowest BCUT2D eigenvalue weighted by Crippen LogP contribution is -2.55. The molecule has 3 saturated heterocycles. The predicted octanol–water partition coefficient (Wildman–Crippen LogP) is 5.71. The molecule has 2 aromatic carbocycles. The molecule has 0 aliphatic carbocycles. The van der Waals surface area contributed by atoms with E-state index in [1.807, 2.05) is 36.4 Å². The van der Waals surface area contributed by atoms with Crippen molar-refractivity contribution in [3.8, 4) is 5.75 Å². The van der Waals surface area contributed by atoms with Gasteiger partial charge < -0.3 is 9.84 Å². The third-order valence-electron chi connectivity index (χ3n) is 7.53. The summed E-state index contributed by atoms with van der Waals surface area (Å²) in [7, 11) is 1.65. The summed E-state index contributed by atoms with van der Waals surface area (Å²) < 4.78 is 18.7. The van der Waals surface area contributed by atoms with E-state index < -0.39 is 6.10 Å². The Labute approximate surface area is 194 Å². The van der Waals surface area contributed by atoms with Crippen LogP contribution in [0.3, 0.4) is 0 Å². The van der Waals surface area contributed by atoms with Crippen LogP contribution in [-0.2, 0) is 0 Å². The Morgan fingerprint density at radius 3 is 2.70 bits per heavy atom. The molecule has 5 atom stereocenters. The van der Waals surface area contributed by atoms with Crippen molar-refractivity contribution in [2.24, 2.45) is 11.8 Å². The molecule has 3 aliphatic rings. The lowest BCUT2D eigenvalue weighted by atomic mass is 9.72. The monoisotopic (exact) mass is 446 g/mol. The van der Waals surface area contributed by atoms with Gasteiger partial charge in [-0.25, -0.2) is 9.37 Å². The first-order chi connectivity index (χ1) is 16.1. The van der Waals surface area contributed by atoms with Gasteiger partial charge in [0.15, 0.2) is 0 Å².